The van der Waals surface area contributed by atoms with E-state index in [2.05, 4.69) is 15.6 Å². The molecule has 0 spiro atoms. The highest BCUT2D eigenvalue weighted by atomic mass is 32.1. The summed E-state index contributed by atoms with van der Waals surface area (Å²) in [6.07, 6.45) is 0. The van der Waals surface area contributed by atoms with Gasteiger partial charge in [0.05, 0.1) is 11.4 Å². The van der Waals surface area contributed by atoms with Gasteiger partial charge in [-0.2, -0.15) is 0 Å². The van der Waals surface area contributed by atoms with Crippen LogP contribution < -0.4 is 10.6 Å². The van der Waals surface area contributed by atoms with Gasteiger partial charge in [-0.15, -0.1) is 22.7 Å². The molecular formula is C21H17N3O3S2. The van der Waals surface area contributed by atoms with Gasteiger partial charge in [-0.1, -0.05) is 6.07 Å². The Balaban J connectivity index is 1.44. The lowest BCUT2D eigenvalue weighted by atomic mass is 10.2. The zero-order valence-corrected chi connectivity index (χ0v) is 17.1. The quantitative estimate of drug-likeness (QED) is 0.456. The van der Waals surface area contributed by atoms with Crippen molar-refractivity contribution in [1.29, 1.82) is 0 Å². The van der Waals surface area contributed by atoms with Crippen molar-refractivity contribution in [2.24, 2.45) is 0 Å². The zero-order valence-electron chi connectivity index (χ0n) is 15.5. The van der Waals surface area contributed by atoms with E-state index in [1.807, 2.05) is 53.2 Å². The molecule has 0 fully saturated rings. The van der Waals surface area contributed by atoms with Crippen LogP contribution >= 0.6 is 22.7 Å². The fraction of sp³-hybridized carbons (Fsp3) is 0.0952. The number of thiophene rings is 1. The van der Waals surface area contributed by atoms with E-state index in [4.69, 9.17) is 4.42 Å². The third-order valence-corrected chi connectivity index (χ3v) is 5.82. The predicted molar refractivity (Wildman–Crippen MR) is 115 cm³/mol. The molecule has 0 radical (unpaired) electrons. The minimum Gasteiger partial charge on any atom is -0.458 e. The van der Waals surface area contributed by atoms with Gasteiger partial charge in [0.15, 0.2) is 5.76 Å². The van der Waals surface area contributed by atoms with Crippen LogP contribution in [0, 0.1) is 0 Å². The molecule has 4 aromatic rings. The lowest BCUT2D eigenvalue weighted by Crippen LogP contribution is -2.18. The fourth-order valence-electron chi connectivity index (χ4n) is 2.64. The lowest BCUT2D eigenvalue weighted by molar-refractivity contribution is -0.119. The van der Waals surface area contributed by atoms with E-state index in [9.17, 15) is 9.59 Å². The van der Waals surface area contributed by atoms with Crippen molar-refractivity contribution >= 4 is 40.2 Å². The molecule has 146 valence electrons. The highest BCUT2D eigenvalue weighted by Crippen LogP contribution is 2.30. The summed E-state index contributed by atoms with van der Waals surface area (Å²) in [7, 11) is 0. The summed E-state index contributed by atoms with van der Waals surface area (Å²) in [5, 5.41) is 10.3. The van der Waals surface area contributed by atoms with Gasteiger partial charge in [-0.05, 0) is 47.8 Å². The molecule has 0 aliphatic carbocycles. The molecule has 0 unspecified atom stereocenters. The van der Waals surface area contributed by atoms with Gasteiger partial charge < -0.3 is 15.1 Å². The number of rotatable bonds is 6. The number of carbonyl (C=O) groups is 2. The van der Waals surface area contributed by atoms with Crippen LogP contribution in [0.5, 0.6) is 0 Å². The lowest BCUT2D eigenvalue weighted by Gasteiger charge is -2.04. The second-order valence-corrected chi connectivity index (χ2v) is 8.03. The van der Waals surface area contributed by atoms with Crippen LogP contribution in [0.3, 0.4) is 0 Å². The largest absolute Gasteiger partial charge is 0.458 e. The first-order chi connectivity index (χ1) is 14.1. The number of thiazole rings is 1. The van der Waals surface area contributed by atoms with Crippen LogP contribution in [0.2, 0.25) is 0 Å². The van der Waals surface area contributed by atoms with E-state index in [0.29, 0.717) is 22.9 Å². The van der Waals surface area contributed by atoms with Crippen LogP contribution in [0.15, 0.2) is 63.7 Å². The number of nitrogens with one attached hydrogen (secondary N) is 2. The van der Waals surface area contributed by atoms with Crippen molar-refractivity contribution < 1.29 is 14.0 Å². The number of hydrogen-bond donors (Lipinski definition) is 2. The van der Waals surface area contributed by atoms with E-state index in [-0.39, 0.29) is 11.8 Å². The van der Waals surface area contributed by atoms with Crippen LogP contribution in [0.25, 0.3) is 22.0 Å². The van der Waals surface area contributed by atoms with Gasteiger partial charge in [0.1, 0.15) is 16.5 Å². The van der Waals surface area contributed by atoms with Crippen molar-refractivity contribution in [1.82, 2.24) is 10.3 Å². The molecular weight excluding hydrogens is 406 g/mol. The van der Waals surface area contributed by atoms with Gasteiger partial charge in [0.2, 0.25) is 5.91 Å². The Hall–Kier alpha value is -3.23. The minimum atomic E-state index is -0.114. The normalized spacial score (nSPS) is 10.7. The van der Waals surface area contributed by atoms with Gasteiger partial charge in [0.25, 0.3) is 5.91 Å². The Labute approximate surface area is 175 Å². The summed E-state index contributed by atoms with van der Waals surface area (Å²) >= 11 is 2.92. The maximum atomic E-state index is 12.1. The summed E-state index contributed by atoms with van der Waals surface area (Å²) in [5.74, 6) is 1.12. The van der Waals surface area contributed by atoms with Crippen molar-refractivity contribution in [3.8, 4) is 22.0 Å². The Morgan fingerprint density at radius 2 is 1.90 bits per heavy atom. The highest BCUT2D eigenvalue weighted by Gasteiger charge is 2.12. The first-order valence-corrected chi connectivity index (χ1v) is 10.6. The maximum absolute atomic E-state index is 12.1. The molecule has 2 N–H and O–H groups in total. The van der Waals surface area contributed by atoms with Crippen LogP contribution in [-0.2, 0) is 11.3 Å². The third-order valence-electron chi connectivity index (χ3n) is 4.06. The molecule has 3 aromatic heterocycles. The molecule has 3 heterocycles. The molecule has 1 aromatic carbocycles. The topological polar surface area (TPSA) is 84.2 Å². The Bertz CT molecular complexity index is 1130. The van der Waals surface area contributed by atoms with E-state index in [1.54, 1.807) is 6.07 Å². The van der Waals surface area contributed by atoms with E-state index >= 15 is 0 Å². The van der Waals surface area contributed by atoms with Crippen LogP contribution in [0.1, 0.15) is 22.4 Å². The maximum Gasteiger partial charge on any atom is 0.265 e. The van der Waals surface area contributed by atoms with Crippen LogP contribution in [-0.4, -0.2) is 16.8 Å². The SMILES string of the molecule is CC(=O)NCc1ccc(-c2csc(-c3ccc(NC(=O)c4cccs4)cc3)n2)o1. The summed E-state index contributed by atoms with van der Waals surface area (Å²) in [4.78, 5) is 28.5. The van der Waals surface area contributed by atoms with Crippen molar-refractivity contribution in [2.75, 3.05) is 5.32 Å². The van der Waals surface area contributed by atoms with Gasteiger partial charge >= 0.3 is 0 Å². The summed E-state index contributed by atoms with van der Waals surface area (Å²) in [5.41, 5.74) is 2.44. The number of hydrogen-bond acceptors (Lipinski definition) is 6. The van der Waals surface area contributed by atoms with Crippen molar-refractivity contribution in [3.63, 3.8) is 0 Å². The van der Waals surface area contributed by atoms with Crippen molar-refractivity contribution in [3.05, 3.63) is 69.9 Å². The monoisotopic (exact) mass is 423 g/mol. The molecule has 2 amide bonds. The summed E-state index contributed by atoms with van der Waals surface area (Å²) in [6, 6.07) is 14.9. The second-order valence-electron chi connectivity index (χ2n) is 6.22. The number of benzene rings is 1. The fourth-order valence-corrected chi connectivity index (χ4v) is 4.07. The Morgan fingerprint density at radius 1 is 1.07 bits per heavy atom. The molecule has 0 saturated heterocycles. The predicted octanol–water partition coefficient (Wildman–Crippen LogP) is 5.02. The van der Waals surface area contributed by atoms with Gasteiger partial charge in [-0.25, -0.2) is 4.98 Å². The number of nitrogens with zero attached hydrogens (tertiary/aromatic N) is 1. The number of carbonyl (C=O) groups excluding carboxylic acids is 2. The first-order valence-electron chi connectivity index (χ1n) is 8.83. The first kappa shape index (κ1) is 19.1. The van der Waals surface area contributed by atoms with Gasteiger partial charge in [0, 0.05) is 23.6 Å². The summed E-state index contributed by atoms with van der Waals surface area (Å²) in [6.45, 7) is 1.82. The Kier molecular flexibility index (Phi) is 5.55. The molecule has 0 atom stereocenters. The number of anilines is 1. The highest BCUT2D eigenvalue weighted by molar-refractivity contribution is 7.13. The Morgan fingerprint density at radius 3 is 2.62 bits per heavy atom. The number of aromatic nitrogens is 1. The molecule has 29 heavy (non-hydrogen) atoms. The molecule has 0 saturated carbocycles. The van der Waals surface area contributed by atoms with E-state index < -0.39 is 0 Å². The van der Waals surface area contributed by atoms with Crippen LogP contribution in [0.4, 0.5) is 5.69 Å². The van der Waals surface area contributed by atoms with E-state index in [1.165, 1.54) is 29.6 Å². The molecule has 6 nitrogen and oxygen atoms in total. The third kappa shape index (κ3) is 4.61. The molecule has 0 bridgehead atoms. The standard InChI is InChI=1S/C21H17N3O3S2/c1-13(25)22-11-16-8-9-18(27-16)17-12-29-21(24-17)14-4-6-15(7-5-14)23-20(26)19-3-2-10-28-19/h2-10,12H,11H2,1H3,(H,22,25)(H,23,26). The summed E-state index contributed by atoms with van der Waals surface area (Å²) < 4.78 is 5.75. The average molecular weight is 424 g/mol. The minimum absolute atomic E-state index is 0.103. The molecule has 0 aliphatic heterocycles. The number of furan rings is 1. The zero-order chi connectivity index (χ0) is 20.2. The van der Waals surface area contributed by atoms with E-state index in [0.717, 1.165) is 22.0 Å². The molecule has 8 heteroatoms. The molecule has 4 rings (SSSR count). The average Bonchev–Trinajstić information content (AvgIpc) is 3.48. The smallest absolute Gasteiger partial charge is 0.265 e. The molecule has 0 aliphatic rings. The van der Waals surface area contributed by atoms with Crippen molar-refractivity contribution in [2.45, 2.75) is 13.5 Å². The second kappa shape index (κ2) is 8.42. The number of amides is 2. The van der Waals surface area contributed by atoms with Gasteiger partial charge in [-0.3, -0.25) is 9.59 Å².